The summed E-state index contributed by atoms with van der Waals surface area (Å²) >= 11 is 0. The summed E-state index contributed by atoms with van der Waals surface area (Å²) in [5.41, 5.74) is 2.76. The molecule has 2 aromatic rings. The van der Waals surface area contributed by atoms with Crippen LogP contribution in [-0.2, 0) is 21.4 Å². The van der Waals surface area contributed by atoms with Gasteiger partial charge >= 0.3 is 0 Å². The second-order valence-corrected chi connectivity index (χ2v) is 8.98. The monoisotopic (exact) mass is 390 g/mol. The summed E-state index contributed by atoms with van der Waals surface area (Å²) < 4.78 is 29.7. The molecule has 7 nitrogen and oxygen atoms in total. The van der Waals surface area contributed by atoms with E-state index in [9.17, 15) is 13.2 Å². The molecule has 1 aromatic carbocycles. The third-order valence-corrected chi connectivity index (χ3v) is 6.18. The van der Waals surface area contributed by atoms with Crippen molar-refractivity contribution < 1.29 is 13.2 Å². The molecule has 1 aliphatic heterocycles. The molecule has 3 rings (SSSR count). The minimum atomic E-state index is -3.59. The number of nitrogens with zero attached hydrogens (tertiary/aromatic N) is 3. The molecule has 1 aromatic heterocycles. The van der Waals surface area contributed by atoms with Crippen LogP contribution in [0.1, 0.15) is 31.2 Å². The van der Waals surface area contributed by atoms with Crippen LogP contribution in [0, 0.1) is 19.8 Å². The van der Waals surface area contributed by atoms with E-state index in [2.05, 4.69) is 9.82 Å². The van der Waals surface area contributed by atoms with Crippen LogP contribution in [0.25, 0.3) is 0 Å². The normalized spacial score (nSPS) is 16.1. The van der Waals surface area contributed by atoms with Gasteiger partial charge in [-0.1, -0.05) is 6.92 Å². The molecular weight excluding hydrogens is 364 g/mol. The number of rotatable bonds is 7. The first kappa shape index (κ1) is 19.6. The van der Waals surface area contributed by atoms with E-state index >= 15 is 0 Å². The molecule has 1 saturated heterocycles. The van der Waals surface area contributed by atoms with Crippen molar-refractivity contribution in [3.05, 3.63) is 41.7 Å². The van der Waals surface area contributed by atoms with Crippen LogP contribution in [0.15, 0.2) is 35.2 Å². The maximum atomic E-state index is 12.5. The largest absolute Gasteiger partial charge is 0.312 e. The molecule has 0 bridgehead atoms. The number of hydrogen-bond donors (Lipinski definition) is 1. The lowest BCUT2D eigenvalue weighted by Gasteiger charge is -2.17. The highest BCUT2D eigenvalue weighted by Gasteiger charge is 2.22. The first-order valence-electron chi connectivity index (χ1n) is 9.17. The van der Waals surface area contributed by atoms with Gasteiger partial charge in [-0.15, -0.1) is 0 Å². The van der Waals surface area contributed by atoms with Crippen LogP contribution in [0.5, 0.6) is 0 Å². The predicted molar refractivity (Wildman–Crippen MR) is 104 cm³/mol. The molecule has 1 amide bonds. The summed E-state index contributed by atoms with van der Waals surface area (Å²) in [5.74, 6) is 0.181. The third-order valence-electron chi connectivity index (χ3n) is 4.74. The van der Waals surface area contributed by atoms with E-state index in [1.807, 2.05) is 31.5 Å². The smallest absolute Gasteiger partial charge is 0.240 e. The van der Waals surface area contributed by atoms with Gasteiger partial charge in [0.05, 0.1) is 10.6 Å². The Labute approximate surface area is 160 Å². The van der Waals surface area contributed by atoms with Crippen molar-refractivity contribution in [3.63, 3.8) is 0 Å². The van der Waals surface area contributed by atoms with E-state index in [4.69, 9.17) is 0 Å². The number of carbonyl (C=O) groups excluding carboxylic acids is 1. The summed E-state index contributed by atoms with van der Waals surface area (Å²) in [7, 11) is -3.59. The SMILES string of the molecule is Cc1cc(C)n(CC(C)CNS(=O)(=O)c2ccc(N3CCCC3=O)cc2)n1. The quantitative estimate of drug-likeness (QED) is 0.786. The third kappa shape index (κ3) is 4.56. The van der Waals surface area contributed by atoms with Gasteiger partial charge in [0.15, 0.2) is 0 Å². The van der Waals surface area contributed by atoms with E-state index in [1.165, 1.54) is 0 Å². The van der Waals surface area contributed by atoms with E-state index in [-0.39, 0.29) is 16.7 Å². The van der Waals surface area contributed by atoms with Gasteiger partial charge in [-0.3, -0.25) is 9.48 Å². The zero-order chi connectivity index (χ0) is 19.6. The van der Waals surface area contributed by atoms with Crippen molar-refractivity contribution in [1.82, 2.24) is 14.5 Å². The summed E-state index contributed by atoms with van der Waals surface area (Å²) in [6, 6.07) is 8.49. The Morgan fingerprint density at radius 1 is 1.22 bits per heavy atom. The van der Waals surface area contributed by atoms with Crippen molar-refractivity contribution in [2.75, 3.05) is 18.0 Å². The minimum Gasteiger partial charge on any atom is -0.312 e. The highest BCUT2D eigenvalue weighted by molar-refractivity contribution is 7.89. The molecule has 0 spiro atoms. The number of aromatic nitrogens is 2. The molecule has 1 atom stereocenters. The maximum absolute atomic E-state index is 12.5. The van der Waals surface area contributed by atoms with Gasteiger partial charge in [0.25, 0.3) is 0 Å². The van der Waals surface area contributed by atoms with Crippen LogP contribution in [0.4, 0.5) is 5.69 Å². The Balaban J connectivity index is 1.60. The highest BCUT2D eigenvalue weighted by Crippen LogP contribution is 2.23. The zero-order valence-electron chi connectivity index (χ0n) is 16.0. The Bertz CT molecular complexity index is 919. The summed E-state index contributed by atoms with van der Waals surface area (Å²) in [6.45, 7) is 7.58. The molecule has 1 fully saturated rings. The zero-order valence-corrected chi connectivity index (χ0v) is 16.8. The van der Waals surface area contributed by atoms with Gasteiger partial charge in [0, 0.05) is 37.4 Å². The molecule has 0 aliphatic carbocycles. The average molecular weight is 391 g/mol. The lowest BCUT2D eigenvalue weighted by atomic mass is 10.2. The van der Waals surface area contributed by atoms with Gasteiger partial charge in [-0.2, -0.15) is 5.10 Å². The summed E-state index contributed by atoms with van der Waals surface area (Å²) in [4.78, 5) is 13.7. The molecule has 8 heteroatoms. The standard InChI is InChI=1S/C19H26N4O3S/c1-14(13-23-16(3)11-15(2)21-23)12-20-27(25,26)18-8-6-17(7-9-18)22-10-4-5-19(22)24/h6-9,11,14,20H,4-5,10,12-13H2,1-3H3. The fraction of sp³-hybridized carbons (Fsp3) is 0.474. The van der Waals surface area contributed by atoms with Crippen molar-refractivity contribution in [3.8, 4) is 0 Å². The van der Waals surface area contributed by atoms with Gasteiger partial charge in [-0.25, -0.2) is 13.1 Å². The van der Waals surface area contributed by atoms with E-state index < -0.39 is 10.0 Å². The van der Waals surface area contributed by atoms with Gasteiger partial charge in [0.1, 0.15) is 0 Å². The van der Waals surface area contributed by atoms with Crippen LogP contribution in [0.2, 0.25) is 0 Å². The fourth-order valence-corrected chi connectivity index (χ4v) is 4.45. The molecule has 146 valence electrons. The van der Waals surface area contributed by atoms with Crippen LogP contribution < -0.4 is 9.62 Å². The lowest BCUT2D eigenvalue weighted by molar-refractivity contribution is -0.117. The summed E-state index contributed by atoms with van der Waals surface area (Å²) in [5, 5.41) is 4.41. The molecule has 0 radical (unpaired) electrons. The number of benzene rings is 1. The fourth-order valence-electron chi connectivity index (χ4n) is 3.28. The number of anilines is 1. The van der Waals surface area contributed by atoms with E-state index in [0.29, 0.717) is 26.1 Å². The second kappa shape index (κ2) is 7.82. The number of sulfonamides is 1. The van der Waals surface area contributed by atoms with Crippen molar-refractivity contribution in [2.24, 2.45) is 5.92 Å². The average Bonchev–Trinajstić information content (AvgIpc) is 3.18. The number of nitrogens with one attached hydrogen (secondary N) is 1. The van der Waals surface area contributed by atoms with Crippen LogP contribution in [-0.4, -0.2) is 37.2 Å². The van der Waals surface area contributed by atoms with Crippen molar-refractivity contribution in [1.29, 1.82) is 0 Å². The first-order chi connectivity index (χ1) is 12.8. The van der Waals surface area contributed by atoms with E-state index in [0.717, 1.165) is 23.5 Å². The Morgan fingerprint density at radius 3 is 2.48 bits per heavy atom. The van der Waals surface area contributed by atoms with Gasteiger partial charge in [0.2, 0.25) is 15.9 Å². The molecule has 1 N–H and O–H groups in total. The highest BCUT2D eigenvalue weighted by atomic mass is 32.2. The Morgan fingerprint density at radius 2 is 1.93 bits per heavy atom. The molecule has 1 unspecified atom stereocenters. The van der Waals surface area contributed by atoms with Crippen LogP contribution >= 0.6 is 0 Å². The molecule has 1 aliphatic rings. The van der Waals surface area contributed by atoms with Gasteiger partial charge in [-0.05, 0) is 56.5 Å². The minimum absolute atomic E-state index is 0.0849. The molecule has 2 heterocycles. The van der Waals surface area contributed by atoms with E-state index in [1.54, 1.807) is 29.2 Å². The predicted octanol–water partition coefficient (Wildman–Crippen LogP) is 2.24. The Kier molecular flexibility index (Phi) is 5.67. The Hall–Kier alpha value is -2.19. The number of aryl methyl sites for hydroxylation is 2. The van der Waals surface area contributed by atoms with Crippen LogP contribution in [0.3, 0.4) is 0 Å². The second-order valence-electron chi connectivity index (χ2n) is 7.21. The molecule has 27 heavy (non-hydrogen) atoms. The number of carbonyl (C=O) groups is 1. The van der Waals surface area contributed by atoms with Crippen molar-refractivity contribution in [2.45, 2.75) is 45.1 Å². The van der Waals surface area contributed by atoms with Gasteiger partial charge < -0.3 is 4.90 Å². The molecule has 0 saturated carbocycles. The maximum Gasteiger partial charge on any atom is 0.240 e. The summed E-state index contributed by atoms with van der Waals surface area (Å²) in [6.07, 6.45) is 1.39. The first-order valence-corrected chi connectivity index (χ1v) is 10.7. The number of amides is 1. The van der Waals surface area contributed by atoms with Crippen molar-refractivity contribution >= 4 is 21.6 Å². The lowest BCUT2D eigenvalue weighted by Crippen LogP contribution is -2.30. The number of hydrogen-bond acceptors (Lipinski definition) is 4. The topological polar surface area (TPSA) is 84.3 Å². The molecular formula is C19H26N4O3S.